The average Bonchev–Trinajstić information content (AvgIpc) is 2.10. The Morgan fingerprint density at radius 3 is 2.86 bits per heavy atom. The third-order valence-electron chi connectivity index (χ3n) is 1.81. The summed E-state index contributed by atoms with van der Waals surface area (Å²) in [5.41, 5.74) is 6.56. The van der Waals surface area contributed by atoms with Crippen molar-refractivity contribution in [3.05, 3.63) is 22.8 Å². The van der Waals surface area contributed by atoms with Crippen LogP contribution in [0.5, 0.6) is 0 Å². The molecule has 78 valence electrons. The smallest absolute Gasteiger partial charge is 0.142 e. The Bertz CT molecular complexity index is 299. The Hall–Kier alpha value is -0.800. The monoisotopic (exact) mass is 213 g/mol. The maximum atomic E-state index is 5.84. The molecule has 1 heterocycles. The van der Waals surface area contributed by atoms with Gasteiger partial charge in [-0.2, -0.15) is 0 Å². The normalized spacial score (nSPS) is 10.9. The van der Waals surface area contributed by atoms with Crippen LogP contribution in [0, 0.1) is 5.92 Å². The first-order valence-electron chi connectivity index (χ1n) is 4.70. The Kier molecular flexibility index (Phi) is 4.17. The van der Waals surface area contributed by atoms with E-state index < -0.39 is 0 Å². The SMILES string of the molecule is CC(C)CNCc1cnc(N)c(Cl)c1. The minimum Gasteiger partial charge on any atom is -0.382 e. The minimum atomic E-state index is 0.388. The molecule has 4 heteroatoms. The highest BCUT2D eigenvalue weighted by atomic mass is 35.5. The first-order chi connectivity index (χ1) is 6.59. The number of anilines is 1. The summed E-state index contributed by atoms with van der Waals surface area (Å²) >= 11 is 5.84. The van der Waals surface area contributed by atoms with Crippen LogP contribution in [0.3, 0.4) is 0 Å². The number of halogens is 1. The maximum absolute atomic E-state index is 5.84. The van der Waals surface area contributed by atoms with Gasteiger partial charge in [-0.25, -0.2) is 4.98 Å². The molecule has 0 fully saturated rings. The summed E-state index contributed by atoms with van der Waals surface area (Å²) in [6.07, 6.45) is 1.74. The first kappa shape index (κ1) is 11.3. The van der Waals surface area contributed by atoms with Gasteiger partial charge in [-0.3, -0.25) is 0 Å². The Labute approximate surface area is 89.7 Å². The number of nitrogen functional groups attached to an aromatic ring is 1. The quantitative estimate of drug-likeness (QED) is 0.805. The highest BCUT2D eigenvalue weighted by Gasteiger charge is 2.00. The van der Waals surface area contributed by atoms with Gasteiger partial charge in [-0.1, -0.05) is 25.4 Å². The molecule has 1 aromatic rings. The standard InChI is InChI=1S/C10H16ClN3/c1-7(2)4-13-5-8-3-9(11)10(12)14-6-8/h3,6-7,13H,4-5H2,1-2H3,(H2,12,14). The fourth-order valence-electron chi connectivity index (χ4n) is 1.09. The predicted octanol–water partition coefficient (Wildman–Crippen LogP) is 2.06. The van der Waals surface area contributed by atoms with Gasteiger partial charge in [0.05, 0.1) is 5.02 Å². The van der Waals surface area contributed by atoms with Crippen molar-refractivity contribution in [3.8, 4) is 0 Å². The Balaban J connectivity index is 2.47. The molecule has 3 N–H and O–H groups in total. The van der Waals surface area contributed by atoms with Crippen LogP contribution in [0.25, 0.3) is 0 Å². The van der Waals surface area contributed by atoms with Crippen LogP contribution < -0.4 is 11.1 Å². The molecule has 0 aromatic carbocycles. The fraction of sp³-hybridized carbons (Fsp3) is 0.500. The molecule has 0 aliphatic rings. The first-order valence-corrected chi connectivity index (χ1v) is 5.08. The molecule has 3 nitrogen and oxygen atoms in total. The largest absolute Gasteiger partial charge is 0.382 e. The molecular weight excluding hydrogens is 198 g/mol. The zero-order chi connectivity index (χ0) is 10.6. The molecule has 0 bridgehead atoms. The third-order valence-corrected chi connectivity index (χ3v) is 2.11. The van der Waals surface area contributed by atoms with Gasteiger partial charge in [0, 0.05) is 12.7 Å². The van der Waals surface area contributed by atoms with Crippen LogP contribution in [0.2, 0.25) is 5.02 Å². The van der Waals surface area contributed by atoms with E-state index in [0.29, 0.717) is 16.8 Å². The molecule has 0 amide bonds. The Morgan fingerprint density at radius 2 is 2.29 bits per heavy atom. The summed E-state index contributed by atoms with van der Waals surface area (Å²) in [4.78, 5) is 3.98. The van der Waals surface area contributed by atoms with Gasteiger partial charge in [-0.15, -0.1) is 0 Å². The summed E-state index contributed by atoms with van der Waals surface area (Å²) < 4.78 is 0. The van der Waals surface area contributed by atoms with Gasteiger partial charge in [-0.05, 0) is 24.1 Å². The summed E-state index contributed by atoms with van der Waals surface area (Å²) in [5, 5.41) is 3.83. The lowest BCUT2D eigenvalue weighted by Crippen LogP contribution is -2.19. The molecule has 14 heavy (non-hydrogen) atoms. The number of hydrogen-bond acceptors (Lipinski definition) is 3. The number of hydrogen-bond donors (Lipinski definition) is 2. The van der Waals surface area contributed by atoms with Crippen LogP contribution >= 0.6 is 11.6 Å². The topological polar surface area (TPSA) is 50.9 Å². The van der Waals surface area contributed by atoms with Crippen molar-refractivity contribution in [1.29, 1.82) is 0 Å². The van der Waals surface area contributed by atoms with Crippen LogP contribution in [-0.2, 0) is 6.54 Å². The molecule has 0 aliphatic heterocycles. The Morgan fingerprint density at radius 1 is 1.57 bits per heavy atom. The lowest BCUT2D eigenvalue weighted by atomic mass is 10.2. The molecular formula is C10H16ClN3. The summed E-state index contributed by atoms with van der Waals surface area (Å²) in [5.74, 6) is 1.03. The van der Waals surface area contributed by atoms with E-state index in [0.717, 1.165) is 18.7 Å². The van der Waals surface area contributed by atoms with Crippen LogP contribution in [0.1, 0.15) is 19.4 Å². The zero-order valence-electron chi connectivity index (χ0n) is 8.55. The fourth-order valence-corrected chi connectivity index (χ4v) is 1.28. The van der Waals surface area contributed by atoms with E-state index >= 15 is 0 Å². The van der Waals surface area contributed by atoms with E-state index in [-0.39, 0.29) is 0 Å². The van der Waals surface area contributed by atoms with E-state index in [9.17, 15) is 0 Å². The average molecular weight is 214 g/mol. The van der Waals surface area contributed by atoms with Crippen molar-refractivity contribution >= 4 is 17.4 Å². The van der Waals surface area contributed by atoms with Crippen molar-refractivity contribution in [2.75, 3.05) is 12.3 Å². The van der Waals surface area contributed by atoms with Gasteiger partial charge >= 0.3 is 0 Å². The van der Waals surface area contributed by atoms with Gasteiger partial charge in [0.1, 0.15) is 5.82 Å². The molecule has 0 radical (unpaired) electrons. The molecule has 1 rings (SSSR count). The van der Waals surface area contributed by atoms with E-state index in [1.54, 1.807) is 6.20 Å². The molecule has 0 saturated carbocycles. The van der Waals surface area contributed by atoms with Gasteiger partial charge in [0.2, 0.25) is 0 Å². The van der Waals surface area contributed by atoms with Crippen molar-refractivity contribution in [2.45, 2.75) is 20.4 Å². The number of nitrogens with zero attached hydrogens (tertiary/aromatic N) is 1. The van der Waals surface area contributed by atoms with Gasteiger partial charge in [0.25, 0.3) is 0 Å². The van der Waals surface area contributed by atoms with Crippen molar-refractivity contribution in [3.63, 3.8) is 0 Å². The second kappa shape index (κ2) is 5.17. The number of rotatable bonds is 4. The minimum absolute atomic E-state index is 0.388. The summed E-state index contributed by atoms with van der Waals surface area (Å²) in [6, 6.07) is 1.84. The van der Waals surface area contributed by atoms with E-state index in [1.165, 1.54) is 0 Å². The van der Waals surface area contributed by atoms with Crippen LogP contribution in [0.15, 0.2) is 12.3 Å². The second-order valence-corrected chi connectivity index (χ2v) is 4.14. The third kappa shape index (κ3) is 3.52. The molecule has 1 aromatic heterocycles. The van der Waals surface area contributed by atoms with Gasteiger partial charge in [0.15, 0.2) is 0 Å². The lowest BCUT2D eigenvalue weighted by Gasteiger charge is -2.07. The zero-order valence-corrected chi connectivity index (χ0v) is 9.30. The highest BCUT2D eigenvalue weighted by molar-refractivity contribution is 6.32. The predicted molar refractivity (Wildman–Crippen MR) is 60.2 cm³/mol. The molecule has 0 aliphatic carbocycles. The molecule has 0 unspecified atom stereocenters. The summed E-state index contributed by atoms with van der Waals surface area (Å²) in [6.45, 7) is 6.11. The number of aromatic nitrogens is 1. The summed E-state index contributed by atoms with van der Waals surface area (Å²) in [7, 11) is 0. The van der Waals surface area contributed by atoms with Crippen LogP contribution in [-0.4, -0.2) is 11.5 Å². The second-order valence-electron chi connectivity index (χ2n) is 3.74. The van der Waals surface area contributed by atoms with Gasteiger partial charge < -0.3 is 11.1 Å². The highest BCUT2D eigenvalue weighted by Crippen LogP contribution is 2.16. The van der Waals surface area contributed by atoms with Crippen molar-refractivity contribution < 1.29 is 0 Å². The number of pyridine rings is 1. The van der Waals surface area contributed by atoms with E-state index in [4.69, 9.17) is 17.3 Å². The van der Waals surface area contributed by atoms with E-state index in [1.807, 2.05) is 6.07 Å². The molecule has 0 saturated heterocycles. The number of nitrogens with one attached hydrogen (secondary N) is 1. The maximum Gasteiger partial charge on any atom is 0.142 e. The van der Waals surface area contributed by atoms with Crippen molar-refractivity contribution in [1.82, 2.24) is 10.3 Å². The van der Waals surface area contributed by atoms with E-state index in [2.05, 4.69) is 24.1 Å². The van der Waals surface area contributed by atoms with Crippen molar-refractivity contribution in [2.24, 2.45) is 5.92 Å². The number of nitrogens with two attached hydrogens (primary N) is 1. The van der Waals surface area contributed by atoms with Crippen LogP contribution in [0.4, 0.5) is 5.82 Å². The molecule has 0 atom stereocenters. The molecule has 0 spiro atoms. The lowest BCUT2D eigenvalue weighted by molar-refractivity contribution is 0.552.